The largest absolute Gasteiger partial charge is 0.382 e. The molecule has 1 aromatic rings. The lowest BCUT2D eigenvalue weighted by atomic mass is 10.3. The van der Waals surface area contributed by atoms with Gasteiger partial charge < -0.3 is 10.6 Å². The first-order valence-electron chi connectivity index (χ1n) is 4.69. The normalized spacial score (nSPS) is 8.69. The fourth-order valence-electron chi connectivity index (χ4n) is 0.690. The van der Waals surface area contributed by atoms with Gasteiger partial charge in [-0.25, -0.2) is 4.98 Å². The molecule has 0 aromatic carbocycles. The summed E-state index contributed by atoms with van der Waals surface area (Å²) in [6, 6.07) is 1.47. The number of pyridine rings is 1. The molecule has 5 nitrogen and oxygen atoms in total. The van der Waals surface area contributed by atoms with E-state index in [1.807, 2.05) is 0 Å². The number of rotatable bonds is 2. The number of hydrogen-bond donors (Lipinski definition) is 2. The van der Waals surface area contributed by atoms with E-state index in [1.54, 1.807) is 0 Å². The Bertz CT molecular complexity index is 368. The molecule has 0 atom stereocenters. The highest BCUT2D eigenvalue weighted by Crippen LogP contribution is 2.17. The minimum absolute atomic E-state index is 0.176. The minimum Gasteiger partial charge on any atom is -0.382 e. The molecule has 6 heteroatoms. The number of nitrogens with two attached hydrogens (primary N) is 1. The quantitative estimate of drug-likeness (QED) is 0.475. The first kappa shape index (κ1) is 14.4. The lowest BCUT2D eigenvalue weighted by molar-refractivity contribution is 0.330. The van der Waals surface area contributed by atoms with Crippen molar-refractivity contribution in [2.45, 2.75) is 20.3 Å². The minimum atomic E-state index is -0.176. The molecule has 0 unspecified atom stereocenters. The molecule has 16 heavy (non-hydrogen) atoms. The summed E-state index contributed by atoms with van der Waals surface area (Å²) in [5.41, 5.74) is 5.77. The second-order valence-electron chi connectivity index (χ2n) is 2.85. The number of anilines is 1. The second kappa shape index (κ2) is 7.64. The average Bonchev–Trinajstić information content (AvgIpc) is 2.23. The van der Waals surface area contributed by atoms with Crippen LogP contribution in [0.5, 0.6) is 0 Å². The highest BCUT2D eigenvalue weighted by Gasteiger charge is 2.05. The summed E-state index contributed by atoms with van der Waals surface area (Å²) in [4.78, 5) is 8.23. The van der Waals surface area contributed by atoms with Gasteiger partial charge in [-0.3, -0.25) is 5.41 Å². The Hall–Kier alpha value is -1.62. The van der Waals surface area contributed by atoms with E-state index >= 15 is 0 Å². The van der Waals surface area contributed by atoms with E-state index < -0.39 is 0 Å². The van der Waals surface area contributed by atoms with E-state index in [0.29, 0.717) is 5.56 Å². The van der Waals surface area contributed by atoms with E-state index in [2.05, 4.69) is 35.5 Å². The van der Waals surface area contributed by atoms with E-state index in [9.17, 15) is 0 Å². The van der Waals surface area contributed by atoms with Crippen LogP contribution in [0.4, 0.5) is 5.82 Å². The fraction of sp³-hybridized carbons (Fsp3) is 0.300. The molecule has 0 spiro atoms. The van der Waals surface area contributed by atoms with Crippen LogP contribution in [0.3, 0.4) is 0 Å². The standard InChI is InChI=1S/C7H7ClN4O.C3H8/c1-11-13-7(10)4-2-5(8)6(9)12-3-4;1-3-2/h2-3,10H,1H2,(H2,9,12);3H2,1-2H3. The van der Waals surface area contributed by atoms with Crippen molar-refractivity contribution in [1.82, 2.24) is 4.98 Å². The number of aromatic nitrogens is 1. The molecule has 1 aromatic heterocycles. The number of nitrogens with one attached hydrogen (secondary N) is 1. The third kappa shape index (κ3) is 4.75. The van der Waals surface area contributed by atoms with Crippen LogP contribution in [0.25, 0.3) is 0 Å². The Morgan fingerprint density at radius 3 is 2.69 bits per heavy atom. The summed E-state index contributed by atoms with van der Waals surface area (Å²) in [7, 11) is 0. The molecule has 0 fully saturated rings. The molecule has 0 amide bonds. The summed E-state index contributed by atoms with van der Waals surface area (Å²) in [6.07, 6.45) is 2.62. The van der Waals surface area contributed by atoms with Gasteiger partial charge in [0.25, 0.3) is 0 Å². The van der Waals surface area contributed by atoms with Crippen molar-refractivity contribution in [3.05, 3.63) is 22.8 Å². The second-order valence-corrected chi connectivity index (χ2v) is 3.25. The first-order chi connectivity index (χ1) is 7.56. The van der Waals surface area contributed by atoms with Crippen LogP contribution in [-0.2, 0) is 4.84 Å². The van der Waals surface area contributed by atoms with Gasteiger partial charge in [-0.2, -0.15) is 0 Å². The van der Waals surface area contributed by atoms with E-state index in [-0.39, 0.29) is 16.7 Å². The molecule has 1 heterocycles. The zero-order valence-electron chi connectivity index (χ0n) is 9.33. The summed E-state index contributed by atoms with van der Waals surface area (Å²) in [6.45, 7) is 7.33. The van der Waals surface area contributed by atoms with Crippen LogP contribution in [-0.4, -0.2) is 17.6 Å². The van der Waals surface area contributed by atoms with Crippen LogP contribution in [0.1, 0.15) is 25.8 Å². The first-order valence-corrected chi connectivity index (χ1v) is 5.07. The molecule has 0 aliphatic heterocycles. The van der Waals surface area contributed by atoms with Gasteiger partial charge in [-0.15, -0.1) is 0 Å². The summed E-state index contributed by atoms with van der Waals surface area (Å²) in [5.74, 6) is 0.0363. The van der Waals surface area contributed by atoms with Crippen LogP contribution < -0.4 is 5.73 Å². The molecular formula is C10H15ClN4O. The number of hydrogen-bond acceptors (Lipinski definition) is 5. The van der Waals surface area contributed by atoms with Gasteiger partial charge in [-0.05, 0) is 6.07 Å². The number of nitrogen functional groups attached to an aromatic ring is 1. The van der Waals surface area contributed by atoms with Crippen molar-refractivity contribution >= 4 is 30.0 Å². The maximum absolute atomic E-state index is 7.30. The average molecular weight is 243 g/mol. The summed E-state index contributed by atoms with van der Waals surface area (Å²) >= 11 is 5.67. The van der Waals surface area contributed by atoms with Gasteiger partial charge in [0.05, 0.1) is 10.6 Å². The van der Waals surface area contributed by atoms with Crippen molar-refractivity contribution in [3.8, 4) is 0 Å². The van der Waals surface area contributed by atoms with Crippen LogP contribution in [0.2, 0.25) is 5.02 Å². The smallest absolute Gasteiger partial charge is 0.250 e. The molecule has 1 rings (SSSR count). The van der Waals surface area contributed by atoms with Gasteiger partial charge in [0.15, 0.2) is 0 Å². The Morgan fingerprint density at radius 2 is 2.25 bits per heavy atom. The Morgan fingerprint density at radius 1 is 1.69 bits per heavy atom. The number of oxime groups is 1. The van der Waals surface area contributed by atoms with Crippen molar-refractivity contribution in [2.75, 3.05) is 5.73 Å². The summed E-state index contributed by atoms with van der Waals surface area (Å²) in [5, 5.41) is 10.7. The predicted octanol–water partition coefficient (Wildman–Crippen LogP) is 2.69. The predicted molar refractivity (Wildman–Crippen MR) is 67.1 cm³/mol. The molecule has 0 saturated heterocycles. The summed E-state index contributed by atoms with van der Waals surface area (Å²) < 4.78 is 0. The van der Waals surface area contributed by atoms with Crippen LogP contribution in [0, 0.1) is 5.41 Å². The van der Waals surface area contributed by atoms with E-state index in [1.165, 1.54) is 18.7 Å². The van der Waals surface area contributed by atoms with Gasteiger partial charge in [0.2, 0.25) is 5.90 Å². The van der Waals surface area contributed by atoms with Crippen molar-refractivity contribution in [3.63, 3.8) is 0 Å². The maximum Gasteiger partial charge on any atom is 0.250 e. The highest BCUT2D eigenvalue weighted by atomic mass is 35.5. The molecule has 0 radical (unpaired) electrons. The molecule has 0 aliphatic carbocycles. The molecule has 0 saturated carbocycles. The third-order valence-electron chi connectivity index (χ3n) is 1.29. The maximum atomic E-state index is 7.30. The van der Waals surface area contributed by atoms with E-state index in [0.717, 1.165) is 0 Å². The topological polar surface area (TPSA) is 84.3 Å². The molecule has 88 valence electrons. The highest BCUT2D eigenvalue weighted by molar-refractivity contribution is 6.33. The van der Waals surface area contributed by atoms with Gasteiger partial charge in [0, 0.05) is 12.9 Å². The monoisotopic (exact) mass is 242 g/mol. The van der Waals surface area contributed by atoms with Crippen LogP contribution >= 0.6 is 11.6 Å². The van der Waals surface area contributed by atoms with Crippen LogP contribution in [0.15, 0.2) is 17.4 Å². The molecule has 3 N–H and O–H groups in total. The third-order valence-corrected chi connectivity index (χ3v) is 1.59. The van der Waals surface area contributed by atoms with Crippen molar-refractivity contribution in [2.24, 2.45) is 5.16 Å². The zero-order valence-corrected chi connectivity index (χ0v) is 10.1. The van der Waals surface area contributed by atoms with Crippen molar-refractivity contribution < 1.29 is 4.84 Å². The lowest BCUT2D eigenvalue weighted by Gasteiger charge is -2.01. The SMILES string of the molecule is C=NOC(=N)c1cnc(N)c(Cl)c1.CCC. The molecular weight excluding hydrogens is 228 g/mol. The van der Waals surface area contributed by atoms with E-state index in [4.69, 9.17) is 22.7 Å². The number of nitrogens with zero attached hydrogens (tertiary/aromatic N) is 2. The number of halogens is 1. The lowest BCUT2D eigenvalue weighted by Crippen LogP contribution is -2.02. The van der Waals surface area contributed by atoms with Crippen molar-refractivity contribution in [1.29, 1.82) is 5.41 Å². The zero-order chi connectivity index (χ0) is 12.6. The molecule has 0 bridgehead atoms. The Kier molecular flexibility index (Phi) is 6.87. The molecule has 0 aliphatic rings. The Labute approximate surface area is 99.8 Å². The van der Waals surface area contributed by atoms with Gasteiger partial charge in [0.1, 0.15) is 5.82 Å². The van der Waals surface area contributed by atoms with Gasteiger partial charge in [-0.1, -0.05) is 37.0 Å². The Balaban J connectivity index is 0.000000673. The fourth-order valence-corrected chi connectivity index (χ4v) is 0.856. The van der Waals surface area contributed by atoms with Gasteiger partial charge >= 0.3 is 0 Å².